The zero-order valence-corrected chi connectivity index (χ0v) is 13.6. The van der Waals surface area contributed by atoms with Gasteiger partial charge in [0.2, 0.25) is 0 Å². The summed E-state index contributed by atoms with van der Waals surface area (Å²) >= 11 is 1.58. The van der Waals surface area contributed by atoms with E-state index < -0.39 is 6.10 Å². The number of esters is 1. The van der Waals surface area contributed by atoms with E-state index in [0.717, 1.165) is 24.3 Å². The van der Waals surface area contributed by atoms with Crippen LogP contribution in [-0.4, -0.2) is 41.7 Å². The maximum atomic E-state index is 11.8. The van der Waals surface area contributed by atoms with Gasteiger partial charge in [-0.05, 0) is 43.2 Å². The van der Waals surface area contributed by atoms with Gasteiger partial charge >= 0.3 is 5.97 Å². The van der Waals surface area contributed by atoms with Crippen molar-refractivity contribution in [2.75, 3.05) is 19.7 Å². The molecule has 0 bridgehead atoms. The highest BCUT2D eigenvalue weighted by molar-refractivity contribution is 7.10. The van der Waals surface area contributed by atoms with Crippen LogP contribution in [0.15, 0.2) is 17.5 Å². The van der Waals surface area contributed by atoms with E-state index in [2.05, 4.69) is 4.90 Å². The largest absolute Gasteiger partial charge is 0.464 e. The van der Waals surface area contributed by atoms with Gasteiger partial charge in [-0.2, -0.15) is 0 Å². The Morgan fingerprint density at radius 3 is 3.05 bits per heavy atom. The molecule has 118 valence electrons. The minimum atomic E-state index is -0.428. The van der Waals surface area contributed by atoms with Crippen molar-refractivity contribution in [3.63, 3.8) is 0 Å². The third-order valence-corrected chi connectivity index (χ3v) is 4.75. The van der Waals surface area contributed by atoms with E-state index in [1.54, 1.807) is 11.3 Å². The third kappa shape index (κ3) is 5.09. The van der Waals surface area contributed by atoms with Crippen LogP contribution in [0.2, 0.25) is 0 Å². The van der Waals surface area contributed by atoms with E-state index in [1.807, 2.05) is 31.4 Å². The molecule has 1 N–H and O–H groups in total. The maximum absolute atomic E-state index is 11.8. The molecule has 0 saturated carbocycles. The van der Waals surface area contributed by atoms with Crippen molar-refractivity contribution in [2.45, 2.75) is 45.3 Å². The Morgan fingerprint density at radius 1 is 1.57 bits per heavy atom. The summed E-state index contributed by atoms with van der Waals surface area (Å²) < 4.78 is 5.25. The fourth-order valence-corrected chi connectivity index (χ4v) is 3.42. The number of carbonyl (C=O) groups is 1. The standard InChI is InChI=1S/C16H25NO3S/c1-12(2)11-20-16(19)10-17-7-3-5-13(17)9-14(18)15-6-4-8-21-15/h4,6,8,12-14,18H,3,5,7,9-11H2,1-2H3. The number of aliphatic hydroxyl groups excluding tert-OH is 1. The van der Waals surface area contributed by atoms with Gasteiger partial charge in [0.25, 0.3) is 0 Å². The summed E-state index contributed by atoms with van der Waals surface area (Å²) in [6.07, 6.45) is 2.39. The first kappa shape index (κ1) is 16.5. The molecule has 2 atom stereocenters. The van der Waals surface area contributed by atoms with E-state index in [1.165, 1.54) is 0 Å². The van der Waals surface area contributed by atoms with Gasteiger partial charge < -0.3 is 9.84 Å². The van der Waals surface area contributed by atoms with Gasteiger partial charge in [-0.15, -0.1) is 11.3 Å². The summed E-state index contributed by atoms with van der Waals surface area (Å²) in [5.41, 5.74) is 0. The van der Waals surface area contributed by atoms with Crippen molar-refractivity contribution >= 4 is 17.3 Å². The normalized spacial score (nSPS) is 20.9. The topological polar surface area (TPSA) is 49.8 Å². The molecule has 1 aromatic heterocycles. The third-order valence-electron chi connectivity index (χ3n) is 3.78. The minimum absolute atomic E-state index is 0.152. The number of hydrogen-bond donors (Lipinski definition) is 1. The SMILES string of the molecule is CC(C)COC(=O)CN1CCCC1CC(O)c1cccs1. The first-order valence-corrected chi connectivity index (χ1v) is 8.55. The van der Waals surface area contributed by atoms with Crippen LogP contribution in [-0.2, 0) is 9.53 Å². The monoisotopic (exact) mass is 311 g/mol. The second-order valence-corrected chi connectivity index (χ2v) is 7.09. The molecule has 21 heavy (non-hydrogen) atoms. The molecule has 0 aliphatic carbocycles. The number of thiophene rings is 1. The highest BCUT2D eigenvalue weighted by Gasteiger charge is 2.29. The average Bonchev–Trinajstić information content (AvgIpc) is 3.08. The summed E-state index contributed by atoms with van der Waals surface area (Å²) in [5, 5.41) is 12.2. The molecule has 1 aromatic rings. The minimum Gasteiger partial charge on any atom is -0.464 e. The van der Waals surface area contributed by atoms with Gasteiger partial charge in [0, 0.05) is 10.9 Å². The predicted octanol–water partition coefficient (Wildman–Crippen LogP) is 2.84. The van der Waals surface area contributed by atoms with Crippen molar-refractivity contribution in [1.82, 2.24) is 4.90 Å². The molecule has 2 heterocycles. The Balaban J connectivity index is 1.81. The Bertz CT molecular complexity index is 433. The zero-order chi connectivity index (χ0) is 15.2. The number of nitrogens with zero attached hydrogens (tertiary/aromatic N) is 1. The van der Waals surface area contributed by atoms with E-state index in [0.29, 0.717) is 25.5 Å². The molecule has 1 aliphatic rings. The molecule has 5 heteroatoms. The molecule has 0 radical (unpaired) electrons. The molecule has 0 spiro atoms. The molecular formula is C16H25NO3S. The maximum Gasteiger partial charge on any atom is 0.320 e. The summed E-state index contributed by atoms with van der Waals surface area (Å²) in [6.45, 7) is 5.80. The lowest BCUT2D eigenvalue weighted by Crippen LogP contribution is -2.36. The van der Waals surface area contributed by atoms with E-state index >= 15 is 0 Å². The number of aliphatic hydroxyl groups is 1. The average molecular weight is 311 g/mol. The fourth-order valence-electron chi connectivity index (χ4n) is 2.70. The number of likely N-dealkylation sites (tertiary alicyclic amines) is 1. The molecule has 1 fully saturated rings. The van der Waals surface area contributed by atoms with Crippen LogP contribution in [0.4, 0.5) is 0 Å². The zero-order valence-electron chi connectivity index (χ0n) is 12.8. The number of carbonyl (C=O) groups excluding carboxylic acids is 1. The van der Waals surface area contributed by atoms with Gasteiger partial charge in [0.05, 0.1) is 19.3 Å². The molecule has 2 rings (SSSR count). The summed E-state index contributed by atoms with van der Waals surface area (Å²) in [6, 6.07) is 4.19. The van der Waals surface area contributed by atoms with Crippen LogP contribution < -0.4 is 0 Å². The molecule has 0 aromatic carbocycles. The highest BCUT2D eigenvalue weighted by Crippen LogP contribution is 2.29. The molecule has 4 nitrogen and oxygen atoms in total. The summed E-state index contributed by atoms with van der Waals surface area (Å²) in [5.74, 6) is 0.213. The Hall–Kier alpha value is -0.910. The van der Waals surface area contributed by atoms with Gasteiger partial charge in [-0.3, -0.25) is 9.69 Å². The van der Waals surface area contributed by atoms with Crippen LogP contribution >= 0.6 is 11.3 Å². The lowest BCUT2D eigenvalue weighted by atomic mass is 10.1. The molecule has 0 amide bonds. The van der Waals surface area contributed by atoms with Crippen molar-refractivity contribution in [3.05, 3.63) is 22.4 Å². The number of ether oxygens (including phenoxy) is 1. The van der Waals surface area contributed by atoms with Gasteiger partial charge in [0.1, 0.15) is 0 Å². The van der Waals surface area contributed by atoms with Gasteiger partial charge in [-0.1, -0.05) is 19.9 Å². The van der Waals surface area contributed by atoms with Crippen molar-refractivity contribution in [3.8, 4) is 0 Å². The number of rotatable bonds is 7. The Labute approximate surface area is 130 Å². The molecule has 1 saturated heterocycles. The van der Waals surface area contributed by atoms with E-state index in [4.69, 9.17) is 4.74 Å². The highest BCUT2D eigenvalue weighted by atomic mass is 32.1. The molecular weight excluding hydrogens is 286 g/mol. The van der Waals surface area contributed by atoms with Crippen molar-refractivity contribution in [2.24, 2.45) is 5.92 Å². The lowest BCUT2D eigenvalue weighted by Gasteiger charge is -2.25. The Kier molecular flexibility index (Phi) is 6.21. The fraction of sp³-hybridized carbons (Fsp3) is 0.688. The smallest absolute Gasteiger partial charge is 0.320 e. The summed E-state index contributed by atoms with van der Waals surface area (Å²) in [7, 11) is 0. The molecule has 1 aliphatic heterocycles. The first-order chi connectivity index (χ1) is 10.1. The summed E-state index contributed by atoms with van der Waals surface area (Å²) in [4.78, 5) is 15.0. The Morgan fingerprint density at radius 2 is 2.38 bits per heavy atom. The van der Waals surface area contributed by atoms with Crippen LogP contribution in [0, 0.1) is 5.92 Å². The second-order valence-electron chi connectivity index (χ2n) is 6.11. The van der Waals surface area contributed by atoms with Gasteiger partial charge in [-0.25, -0.2) is 0 Å². The first-order valence-electron chi connectivity index (χ1n) is 7.67. The molecule has 2 unspecified atom stereocenters. The van der Waals surface area contributed by atoms with Crippen LogP contribution in [0.5, 0.6) is 0 Å². The van der Waals surface area contributed by atoms with E-state index in [-0.39, 0.29) is 12.0 Å². The predicted molar refractivity (Wildman–Crippen MR) is 84.3 cm³/mol. The van der Waals surface area contributed by atoms with Crippen molar-refractivity contribution in [1.29, 1.82) is 0 Å². The lowest BCUT2D eigenvalue weighted by molar-refractivity contribution is -0.146. The second kappa shape index (κ2) is 7.92. The number of hydrogen-bond acceptors (Lipinski definition) is 5. The van der Waals surface area contributed by atoms with Gasteiger partial charge in [0.15, 0.2) is 0 Å². The van der Waals surface area contributed by atoms with Crippen LogP contribution in [0.1, 0.15) is 44.1 Å². The van der Waals surface area contributed by atoms with Crippen LogP contribution in [0.3, 0.4) is 0 Å². The quantitative estimate of drug-likeness (QED) is 0.787. The van der Waals surface area contributed by atoms with Crippen LogP contribution in [0.25, 0.3) is 0 Å². The van der Waals surface area contributed by atoms with Crippen molar-refractivity contribution < 1.29 is 14.6 Å². The van der Waals surface area contributed by atoms with E-state index in [9.17, 15) is 9.90 Å².